The van der Waals surface area contributed by atoms with Crippen LogP contribution in [0, 0.1) is 5.82 Å². The lowest BCUT2D eigenvalue weighted by Gasteiger charge is -2.23. The van der Waals surface area contributed by atoms with Crippen molar-refractivity contribution in [3.8, 4) is 22.8 Å². The van der Waals surface area contributed by atoms with E-state index in [0.29, 0.717) is 52.4 Å². The number of hydrogen-bond donors (Lipinski definition) is 1. The van der Waals surface area contributed by atoms with Crippen molar-refractivity contribution in [2.45, 2.75) is 36.6 Å². The van der Waals surface area contributed by atoms with Crippen LogP contribution in [0.5, 0.6) is 11.5 Å². The number of aryl methyl sites for hydroxylation is 1. The van der Waals surface area contributed by atoms with Gasteiger partial charge in [0.1, 0.15) is 5.82 Å². The first-order chi connectivity index (χ1) is 20.3. The Morgan fingerprint density at radius 1 is 1.02 bits per heavy atom. The smallest absolute Gasteiger partial charge is 0.243 e. The molecule has 2 aliphatic heterocycles. The van der Waals surface area contributed by atoms with E-state index in [1.807, 2.05) is 24.3 Å². The van der Waals surface area contributed by atoms with Crippen molar-refractivity contribution in [1.29, 1.82) is 0 Å². The lowest BCUT2D eigenvalue weighted by atomic mass is 10.0. The number of anilines is 2. The summed E-state index contributed by atoms with van der Waals surface area (Å²) in [4.78, 5) is 22.7. The van der Waals surface area contributed by atoms with Crippen LogP contribution in [-0.4, -0.2) is 47.9 Å². The Morgan fingerprint density at radius 2 is 1.83 bits per heavy atom. The van der Waals surface area contributed by atoms with Gasteiger partial charge in [-0.3, -0.25) is 4.79 Å². The second-order valence-electron chi connectivity index (χ2n) is 9.97. The lowest BCUT2D eigenvalue weighted by Crippen LogP contribution is -2.40. The highest BCUT2D eigenvalue weighted by Gasteiger charge is 2.39. The zero-order valence-corrected chi connectivity index (χ0v) is 23.9. The zero-order valence-electron chi connectivity index (χ0n) is 22.3. The number of Topliss-reactive ketones (excluding diaryl/α,β-unsaturated/α-hetero) is 1. The second-order valence-corrected chi connectivity index (χ2v) is 12.3. The molecule has 12 heteroatoms. The Morgan fingerprint density at radius 3 is 2.64 bits per heavy atom. The Labute approximate surface area is 247 Å². The molecule has 0 radical (unpaired) electrons. The summed E-state index contributed by atoms with van der Waals surface area (Å²) in [6.07, 6.45) is 1.33. The van der Waals surface area contributed by atoms with Crippen molar-refractivity contribution in [2.24, 2.45) is 0 Å². The highest BCUT2D eigenvalue weighted by molar-refractivity contribution is 7.89. The number of fused-ring (bicyclic) bond motifs is 1. The fraction of sp³-hybridized carbons (Fsp3) is 0.233. The molecule has 1 atom stereocenters. The minimum absolute atomic E-state index is 0.0375. The van der Waals surface area contributed by atoms with Crippen LogP contribution >= 0.6 is 11.6 Å². The first-order valence-corrected chi connectivity index (χ1v) is 15.2. The molecule has 9 nitrogen and oxygen atoms in total. The third-order valence-electron chi connectivity index (χ3n) is 7.15. The highest BCUT2D eigenvalue weighted by Crippen LogP contribution is 2.36. The fourth-order valence-corrected chi connectivity index (χ4v) is 6.96. The Kier molecular flexibility index (Phi) is 7.80. The number of ether oxygens (including phenoxy) is 2. The topological polar surface area (TPSA) is 111 Å². The van der Waals surface area contributed by atoms with Gasteiger partial charge in [-0.05, 0) is 86.0 Å². The molecule has 3 aromatic carbocycles. The van der Waals surface area contributed by atoms with Gasteiger partial charge in [0.25, 0.3) is 0 Å². The molecule has 42 heavy (non-hydrogen) atoms. The van der Waals surface area contributed by atoms with Gasteiger partial charge >= 0.3 is 0 Å². The highest BCUT2D eigenvalue weighted by atomic mass is 35.5. The Hall–Kier alpha value is -4.06. The quantitative estimate of drug-likeness (QED) is 0.255. The van der Waals surface area contributed by atoms with Crippen LogP contribution in [0.15, 0.2) is 77.7 Å². The summed E-state index contributed by atoms with van der Waals surface area (Å²) in [6.45, 7) is 0.373. The Bertz CT molecular complexity index is 1750. The molecule has 216 valence electrons. The zero-order chi connectivity index (χ0) is 29.3. The molecule has 1 aromatic heterocycles. The molecule has 0 saturated carbocycles. The molecule has 0 aliphatic carbocycles. The van der Waals surface area contributed by atoms with Crippen LogP contribution in [0.4, 0.5) is 16.0 Å². The van der Waals surface area contributed by atoms with Crippen LogP contribution in [0.1, 0.15) is 25.0 Å². The predicted octanol–water partition coefficient (Wildman–Crippen LogP) is 5.76. The van der Waals surface area contributed by atoms with E-state index in [-0.39, 0.29) is 36.9 Å². The summed E-state index contributed by atoms with van der Waals surface area (Å²) in [5.74, 6) is 0.836. The number of nitrogens with one attached hydrogen (secondary N) is 1. The van der Waals surface area contributed by atoms with Crippen molar-refractivity contribution >= 4 is 39.0 Å². The van der Waals surface area contributed by atoms with E-state index in [4.69, 9.17) is 21.1 Å². The first kappa shape index (κ1) is 28.1. The number of halogens is 2. The standard InChI is InChI=1S/C30H26ClFN4O5S/c31-20-3-1-4-22(16-20)33-30-34-23(17-25(35-30)19-6-13-28-29(15-19)41-18-40-28)9-12-27(37)26-5-2-14-36(26)42(38,39)24-10-7-21(32)8-11-24/h1,3-4,6-8,10-11,13,15-17,26H,2,5,9,12,14,18H2,(H,33,34,35)/t26-/m0/s1. The maximum absolute atomic E-state index is 13.4. The van der Waals surface area contributed by atoms with E-state index in [1.54, 1.807) is 24.3 Å². The minimum atomic E-state index is -3.95. The second kappa shape index (κ2) is 11.7. The Balaban J connectivity index is 1.24. The third kappa shape index (κ3) is 5.94. The lowest BCUT2D eigenvalue weighted by molar-refractivity contribution is -0.122. The van der Waals surface area contributed by atoms with Crippen molar-refractivity contribution in [3.63, 3.8) is 0 Å². The summed E-state index contributed by atoms with van der Waals surface area (Å²) in [7, 11) is -3.95. The number of ketones is 1. The minimum Gasteiger partial charge on any atom is -0.454 e. The van der Waals surface area contributed by atoms with Gasteiger partial charge in [-0.1, -0.05) is 17.7 Å². The van der Waals surface area contributed by atoms with E-state index in [0.717, 1.165) is 17.7 Å². The molecule has 1 saturated heterocycles. The number of rotatable bonds is 9. The average Bonchev–Trinajstić information content (AvgIpc) is 3.66. The summed E-state index contributed by atoms with van der Waals surface area (Å²) in [5, 5.41) is 3.73. The first-order valence-electron chi connectivity index (χ1n) is 13.4. The van der Waals surface area contributed by atoms with Gasteiger partial charge in [-0.25, -0.2) is 22.8 Å². The van der Waals surface area contributed by atoms with Crippen LogP contribution in [0.25, 0.3) is 11.3 Å². The molecular weight excluding hydrogens is 583 g/mol. The van der Waals surface area contributed by atoms with Gasteiger partial charge < -0.3 is 14.8 Å². The molecular formula is C30H26ClFN4O5S. The third-order valence-corrected chi connectivity index (χ3v) is 9.31. The maximum Gasteiger partial charge on any atom is 0.243 e. The maximum atomic E-state index is 13.4. The number of carbonyl (C=O) groups excluding carboxylic acids is 1. The number of hydrogen-bond acceptors (Lipinski definition) is 8. The fourth-order valence-electron chi connectivity index (χ4n) is 5.09. The van der Waals surface area contributed by atoms with Crippen molar-refractivity contribution in [2.75, 3.05) is 18.7 Å². The molecule has 0 spiro atoms. The van der Waals surface area contributed by atoms with Crippen molar-refractivity contribution < 1.29 is 27.1 Å². The van der Waals surface area contributed by atoms with E-state index in [1.165, 1.54) is 16.4 Å². The van der Waals surface area contributed by atoms with Gasteiger partial charge in [0, 0.05) is 34.9 Å². The normalized spacial score (nSPS) is 16.5. The number of sulfonamides is 1. The summed E-state index contributed by atoms with van der Waals surface area (Å²) in [5.41, 5.74) is 2.67. The van der Waals surface area contributed by atoms with Gasteiger partial charge in [0.05, 0.1) is 16.6 Å². The number of benzene rings is 3. The van der Waals surface area contributed by atoms with Gasteiger partial charge in [-0.2, -0.15) is 4.31 Å². The summed E-state index contributed by atoms with van der Waals surface area (Å²) >= 11 is 6.15. The average molecular weight is 609 g/mol. The molecule has 0 bridgehead atoms. The van der Waals surface area contributed by atoms with E-state index < -0.39 is 21.9 Å². The van der Waals surface area contributed by atoms with Gasteiger partial charge in [-0.15, -0.1) is 0 Å². The van der Waals surface area contributed by atoms with E-state index >= 15 is 0 Å². The summed E-state index contributed by atoms with van der Waals surface area (Å²) in [6, 6.07) is 18.3. The van der Waals surface area contributed by atoms with Gasteiger partial charge in [0.2, 0.25) is 22.8 Å². The molecule has 4 aromatic rings. The summed E-state index contributed by atoms with van der Waals surface area (Å²) < 4.78 is 52.1. The monoisotopic (exact) mass is 608 g/mol. The van der Waals surface area contributed by atoms with Crippen molar-refractivity contribution in [3.05, 3.63) is 89.3 Å². The molecule has 1 N–H and O–H groups in total. The van der Waals surface area contributed by atoms with Gasteiger partial charge in [0.15, 0.2) is 17.3 Å². The van der Waals surface area contributed by atoms with E-state index in [9.17, 15) is 17.6 Å². The number of aromatic nitrogens is 2. The molecule has 0 unspecified atom stereocenters. The van der Waals surface area contributed by atoms with Crippen molar-refractivity contribution in [1.82, 2.24) is 14.3 Å². The van der Waals surface area contributed by atoms with Crippen LogP contribution < -0.4 is 14.8 Å². The molecule has 1 fully saturated rings. The number of carbonyl (C=O) groups is 1. The van der Waals surface area contributed by atoms with Crippen LogP contribution in [0.3, 0.4) is 0 Å². The molecule has 6 rings (SSSR count). The predicted molar refractivity (Wildman–Crippen MR) is 155 cm³/mol. The largest absolute Gasteiger partial charge is 0.454 e. The van der Waals surface area contributed by atoms with E-state index in [2.05, 4.69) is 15.3 Å². The molecule has 2 aliphatic rings. The van der Waals surface area contributed by atoms with Crippen LogP contribution in [0.2, 0.25) is 5.02 Å². The molecule has 3 heterocycles. The SMILES string of the molecule is O=C(CCc1cc(-c2ccc3c(c2)OCO3)nc(Nc2cccc(Cl)c2)n1)[C@@H]1CCCN1S(=O)(=O)c1ccc(F)cc1. The number of nitrogens with zero attached hydrogens (tertiary/aromatic N) is 3. The van der Waals surface area contributed by atoms with Crippen LogP contribution in [-0.2, 0) is 21.2 Å². The molecule has 0 amide bonds.